The van der Waals surface area contributed by atoms with Crippen molar-refractivity contribution in [3.05, 3.63) is 0 Å². The van der Waals surface area contributed by atoms with Gasteiger partial charge in [-0.25, -0.2) is 0 Å². The Bertz CT molecular complexity index is 177. The van der Waals surface area contributed by atoms with Crippen molar-refractivity contribution in [1.82, 2.24) is 5.32 Å². The number of thioether (sulfide) groups is 1. The predicted octanol–water partition coefficient (Wildman–Crippen LogP) is 3.30. The summed E-state index contributed by atoms with van der Waals surface area (Å²) in [7, 11) is 0. The third-order valence-corrected chi connectivity index (χ3v) is 5.36. The molecule has 2 heteroatoms. The van der Waals surface area contributed by atoms with Gasteiger partial charge in [0.05, 0.1) is 0 Å². The molecular weight excluding hydrogens is 202 g/mol. The first-order valence-corrected chi connectivity index (χ1v) is 7.86. The van der Waals surface area contributed by atoms with E-state index in [1.54, 1.807) is 0 Å². The van der Waals surface area contributed by atoms with Gasteiger partial charge in [0.15, 0.2) is 0 Å². The third-order valence-electron chi connectivity index (χ3n) is 4.13. The Morgan fingerprint density at radius 3 is 2.80 bits per heavy atom. The van der Waals surface area contributed by atoms with Crippen molar-refractivity contribution in [1.29, 1.82) is 0 Å². The van der Waals surface area contributed by atoms with E-state index in [1.165, 1.54) is 56.6 Å². The van der Waals surface area contributed by atoms with Crippen LogP contribution in [0.1, 0.15) is 45.4 Å². The molecule has 0 aromatic carbocycles. The molecule has 1 saturated carbocycles. The zero-order chi connectivity index (χ0) is 10.5. The van der Waals surface area contributed by atoms with Crippen LogP contribution in [0.5, 0.6) is 0 Å². The molecular formula is C13H25NS. The Labute approximate surface area is 98.8 Å². The average Bonchev–Trinajstić information content (AvgIpc) is 2.79. The van der Waals surface area contributed by atoms with E-state index < -0.39 is 0 Å². The quantitative estimate of drug-likeness (QED) is 0.791. The van der Waals surface area contributed by atoms with E-state index in [-0.39, 0.29) is 0 Å². The summed E-state index contributed by atoms with van der Waals surface area (Å²) in [6.45, 7) is 3.64. The van der Waals surface area contributed by atoms with Gasteiger partial charge in [-0.3, -0.25) is 0 Å². The van der Waals surface area contributed by atoms with Crippen LogP contribution in [-0.2, 0) is 0 Å². The molecule has 1 saturated heterocycles. The number of nitrogens with one attached hydrogen (secondary N) is 1. The van der Waals surface area contributed by atoms with Crippen LogP contribution >= 0.6 is 11.8 Å². The lowest BCUT2D eigenvalue weighted by molar-refractivity contribution is 0.248. The molecule has 1 aliphatic heterocycles. The normalized spacial score (nSPS) is 37.0. The smallest absolute Gasteiger partial charge is 0.00953 e. The Kier molecular flexibility index (Phi) is 4.83. The highest BCUT2D eigenvalue weighted by Gasteiger charge is 2.24. The molecule has 1 nitrogen and oxygen atoms in total. The van der Waals surface area contributed by atoms with Crippen LogP contribution in [0.4, 0.5) is 0 Å². The molecule has 1 N–H and O–H groups in total. The molecule has 0 radical (unpaired) electrons. The Balaban J connectivity index is 1.71. The van der Waals surface area contributed by atoms with Crippen LogP contribution in [0, 0.1) is 11.8 Å². The summed E-state index contributed by atoms with van der Waals surface area (Å²) < 4.78 is 0. The predicted molar refractivity (Wildman–Crippen MR) is 69.5 cm³/mol. The van der Waals surface area contributed by atoms with Crippen molar-refractivity contribution >= 4 is 11.8 Å². The van der Waals surface area contributed by atoms with Gasteiger partial charge < -0.3 is 5.32 Å². The summed E-state index contributed by atoms with van der Waals surface area (Å²) >= 11 is 2.14. The summed E-state index contributed by atoms with van der Waals surface area (Å²) in [6.07, 6.45) is 8.63. The maximum absolute atomic E-state index is 3.85. The maximum atomic E-state index is 3.85. The van der Waals surface area contributed by atoms with Gasteiger partial charge in [-0.1, -0.05) is 26.2 Å². The largest absolute Gasteiger partial charge is 0.313 e. The summed E-state index contributed by atoms with van der Waals surface area (Å²) in [6, 6.07) is 0.842. The molecule has 0 aromatic heterocycles. The number of rotatable bonds is 4. The highest BCUT2D eigenvalue weighted by Crippen LogP contribution is 2.28. The fourth-order valence-corrected chi connectivity index (χ4v) is 4.31. The van der Waals surface area contributed by atoms with E-state index in [9.17, 15) is 0 Å². The Hall–Kier alpha value is 0.310. The molecule has 2 aliphatic rings. The first-order valence-electron chi connectivity index (χ1n) is 6.71. The van der Waals surface area contributed by atoms with Crippen molar-refractivity contribution in [2.75, 3.05) is 18.1 Å². The Morgan fingerprint density at radius 2 is 2.07 bits per heavy atom. The first kappa shape index (κ1) is 11.8. The molecule has 1 heterocycles. The second-order valence-electron chi connectivity index (χ2n) is 5.20. The zero-order valence-corrected chi connectivity index (χ0v) is 10.8. The van der Waals surface area contributed by atoms with Gasteiger partial charge in [-0.15, -0.1) is 0 Å². The van der Waals surface area contributed by atoms with Gasteiger partial charge in [-0.05, 0) is 49.1 Å². The van der Waals surface area contributed by atoms with Crippen LogP contribution in [-0.4, -0.2) is 24.1 Å². The van der Waals surface area contributed by atoms with E-state index in [2.05, 4.69) is 24.0 Å². The van der Waals surface area contributed by atoms with Crippen molar-refractivity contribution in [2.24, 2.45) is 11.8 Å². The second-order valence-corrected chi connectivity index (χ2v) is 6.35. The molecule has 3 atom stereocenters. The minimum Gasteiger partial charge on any atom is -0.313 e. The first-order chi connectivity index (χ1) is 7.40. The monoisotopic (exact) mass is 227 g/mol. The molecule has 0 amide bonds. The summed E-state index contributed by atoms with van der Waals surface area (Å²) in [5, 5.41) is 3.85. The van der Waals surface area contributed by atoms with E-state index >= 15 is 0 Å². The summed E-state index contributed by atoms with van der Waals surface area (Å²) in [4.78, 5) is 0. The maximum Gasteiger partial charge on any atom is 0.00953 e. The molecule has 0 spiro atoms. The SMILES string of the molecule is CCC1CCCCC1NCC1CCSC1. The van der Waals surface area contributed by atoms with Crippen LogP contribution in [0.25, 0.3) is 0 Å². The minimum atomic E-state index is 0.842. The summed E-state index contributed by atoms with van der Waals surface area (Å²) in [5.74, 6) is 4.73. The van der Waals surface area contributed by atoms with Gasteiger partial charge in [-0.2, -0.15) is 11.8 Å². The highest BCUT2D eigenvalue weighted by atomic mass is 32.2. The van der Waals surface area contributed by atoms with Crippen LogP contribution in [0.15, 0.2) is 0 Å². The van der Waals surface area contributed by atoms with Gasteiger partial charge in [0, 0.05) is 6.04 Å². The van der Waals surface area contributed by atoms with Crippen molar-refractivity contribution in [3.63, 3.8) is 0 Å². The van der Waals surface area contributed by atoms with Crippen LogP contribution in [0.3, 0.4) is 0 Å². The minimum absolute atomic E-state index is 0.842. The second kappa shape index (κ2) is 6.15. The van der Waals surface area contributed by atoms with Crippen molar-refractivity contribution in [2.45, 2.75) is 51.5 Å². The summed E-state index contributed by atoms with van der Waals surface area (Å²) in [5.41, 5.74) is 0. The lowest BCUT2D eigenvalue weighted by Gasteiger charge is -2.32. The van der Waals surface area contributed by atoms with Crippen LogP contribution in [0.2, 0.25) is 0 Å². The number of hydrogen-bond acceptors (Lipinski definition) is 2. The van der Waals surface area contributed by atoms with Gasteiger partial charge in [0.1, 0.15) is 0 Å². The van der Waals surface area contributed by atoms with Crippen molar-refractivity contribution in [3.8, 4) is 0 Å². The molecule has 3 unspecified atom stereocenters. The van der Waals surface area contributed by atoms with E-state index in [0.29, 0.717) is 0 Å². The lowest BCUT2D eigenvalue weighted by Crippen LogP contribution is -2.40. The topological polar surface area (TPSA) is 12.0 Å². The fourth-order valence-electron chi connectivity index (χ4n) is 3.03. The molecule has 2 fully saturated rings. The highest BCUT2D eigenvalue weighted by molar-refractivity contribution is 7.99. The van der Waals surface area contributed by atoms with E-state index in [4.69, 9.17) is 0 Å². The number of hydrogen-bond donors (Lipinski definition) is 1. The molecule has 1 aliphatic carbocycles. The standard InChI is InChI=1S/C13H25NS/c1-2-12-5-3-4-6-13(12)14-9-11-7-8-15-10-11/h11-14H,2-10H2,1H3. The third kappa shape index (κ3) is 3.39. The van der Waals surface area contributed by atoms with E-state index in [0.717, 1.165) is 17.9 Å². The molecule has 0 bridgehead atoms. The van der Waals surface area contributed by atoms with E-state index in [1.807, 2.05) is 0 Å². The molecule has 0 aromatic rings. The fraction of sp³-hybridized carbons (Fsp3) is 1.00. The van der Waals surface area contributed by atoms with Crippen LogP contribution < -0.4 is 5.32 Å². The van der Waals surface area contributed by atoms with Gasteiger partial charge >= 0.3 is 0 Å². The van der Waals surface area contributed by atoms with Crippen molar-refractivity contribution < 1.29 is 0 Å². The molecule has 88 valence electrons. The zero-order valence-electron chi connectivity index (χ0n) is 10.0. The van der Waals surface area contributed by atoms with Gasteiger partial charge in [0.2, 0.25) is 0 Å². The Morgan fingerprint density at radius 1 is 1.20 bits per heavy atom. The molecule has 2 rings (SSSR count). The average molecular weight is 227 g/mol. The van der Waals surface area contributed by atoms with Gasteiger partial charge in [0.25, 0.3) is 0 Å². The lowest BCUT2D eigenvalue weighted by atomic mass is 9.82. The molecule has 15 heavy (non-hydrogen) atoms.